The molecule has 0 radical (unpaired) electrons. The van der Waals surface area contributed by atoms with E-state index in [1.807, 2.05) is 6.07 Å². The Hall–Kier alpha value is 0.130. The fourth-order valence-corrected chi connectivity index (χ4v) is 6.67. The first-order chi connectivity index (χ1) is 8.49. The van der Waals surface area contributed by atoms with E-state index in [2.05, 4.69) is 31.9 Å². The van der Waals surface area contributed by atoms with Crippen molar-refractivity contribution in [1.82, 2.24) is 0 Å². The van der Waals surface area contributed by atoms with Gasteiger partial charge in [-0.15, -0.1) is 0 Å². The van der Waals surface area contributed by atoms with E-state index in [0.29, 0.717) is 9.37 Å². The Morgan fingerprint density at radius 3 is 2.33 bits per heavy atom. The van der Waals surface area contributed by atoms with Crippen LogP contribution in [0.1, 0.15) is 25.7 Å². The summed E-state index contributed by atoms with van der Waals surface area (Å²) >= 11 is 6.83. The van der Waals surface area contributed by atoms with Gasteiger partial charge in [0.25, 0.3) is 0 Å². The average Bonchev–Trinajstić information content (AvgIpc) is 2.78. The molecule has 2 nitrogen and oxygen atoms in total. The highest BCUT2D eigenvalue weighted by molar-refractivity contribution is 9.10. The average molecular weight is 396 g/mol. The number of alkyl halides is 1. The topological polar surface area (TPSA) is 34.1 Å². The fourth-order valence-electron chi connectivity index (χ4n) is 2.62. The lowest BCUT2D eigenvalue weighted by atomic mass is 9.92. The Morgan fingerprint density at radius 2 is 1.78 bits per heavy atom. The van der Waals surface area contributed by atoms with Crippen LogP contribution in [0, 0.1) is 5.41 Å². The van der Waals surface area contributed by atoms with Gasteiger partial charge in [-0.25, -0.2) is 8.42 Å². The first-order valence-corrected chi connectivity index (χ1v) is 9.59. The number of rotatable bonds is 4. The minimum atomic E-state index is -3.22. The zero-order chi connectivity index (χ0) is 13.2. The van der Waals surface area contributed by atoms with Gasteiger partial charge in [-0.3, -0.25) is 0 Å². The smallest absolute Gasteiger partial charge is 0.180 e. The van der Waals surface area contributed by atoms with E-state index >= 15 is 0 Å². The summed E-state index contributed by atoms with van der Waals surface area (Å²) in [5, 5.41) is 0.768. The molecule has 1 aliphatic rings. The summed E-state index contributed by atoms with van der Waals surface area (Å²) < 4.78 is 25.7. The van der Waals surface area contributed by atoms with Gasteiger partial charge in [0.1, 0.15) is 0 Å². The fraction of sp³-hybridized carbons (Fsp3) is 0.538. The monoisotopic (exact) mass is 394 g/mol. The van der Waals surface area contributed by atoms with E-state index in [0.717, 1.165) is 31.0 Å². The van der Waals surface area contributed by atoms with Gasteiger partial charge in [0.2, 0.25) is 0 Å². The second-order valence-corrected chi connectivity index (χ2v) is 8.40. The minimum Gasteiger partial charge on any atom is -0.224 e. The lowest BCUT2D eigenvalue weighted by Crippen LogP contribution is -2.29. The first-order valence-electron chi connectivity index (χ1n) is 6.02. The van der Waals surface area contributed by atoms with Crippen LogP contribution >= 0.6 is 31.9 Å². The Labute approximate surface area is 125 Å². The SMILES string of the molecule is O=S(=O)(CC1(CBr)CCCC1)c1ccccc1Br. The number of hydrogen-bond acceptors (Lipinski definition) is 2. The molecule has 0 spiro atoms. The molecule has 0 unspecified atom stereocenters. The Kier molecular flexibility index (Phi) is 4.55. The van der Waals surface area contributed by atoms with E-state index in [4.69, 9.17) is 0 Å². The largest absolute Gasteiger partial charge is 0.224 e. The van der Waals surface area contributed by atoms with Gasteiger partial charge in [-0.05, 0) is 46.3 Å². The molecule has 0 bridgehead atoms. The Morgan fingerprint density at radius 1 is 1.17 bits per heavy atom. The maximum Gasteiger partial charge on any atom is 0.180 e. The van der Waals surface area contributed by atoms with E-state index in [9.17, 15) is 8.42 Å². The molecule has 100 valence electrons. The lowest BCUT2D eigenvalue weighted by Gasteiger charge is -2.26. The number of halogens is 2. The van der Waals surface area contributed by atoms with E-state index < -0.39 is 9.84 Å². The third kappa shape index (κ3) is 2.99. The molecule has 1 aromatic carbocycles. The van der Waals surface area contributed by atoms with E-state index in [1.54, 1.807) is 18.2 Å². The summed E-state index contributed by atoms with van der Waals surface area (Å²) in [7, 11) is -3.22. The molecule has 0 N–H and O–H groups in total. The summed E-state index contributed by atoms with van der Waals surface area (Å²) in [6, 6.07) is 7.06. The van der Waals surface area contributed by atoms with Crippen LogP contribution < -0.4 is 0 Å². The summed E-state index contributed by atoms with van der Waals surface area (Å²) in [6.45, 7) is 0. The molecule has 1 aromatic rings. The predicted molar refractivity (Wildman–Crippen MR) is 80.9 cm³/mol. The van der Waals surface area contributed by atoms with Crippen LogP contribution in [0.4, 0.5) is 0 Å². The number of benzene rings is 1. The predicted octanol–water partition coefficient (Wildman–Crippen LogP) is 4.18. The van der Waals surface area contributed by atoms with Crippen molar-refractivity contribution in [2.75, 3.05) is 11.1 Å². The minimum absolute atomic E-state index is 0.0753. The van der Waals surface area contributed by atoms with Gasteiger partial charge in [-0.2, -0.15) is 0 Å². The summed E-state index contributed by atoms with van der Waals surface area (Å²) in [4.78, 5) is 0.414. The molecule has 0 atom stereocenters. The summed E-state index contributed by atoms with van der Waals surface area (Å²) in [5.74, 6) is 0.244. The van der Waals surface area contributed by atoms with Gasteiger partial charge < -0.3 is 0 Å². The molecule has 0 aliphatic heterocycles. The Balaban J connectivity index is 2.30. The van der Waals surface area contributed by atoms with Crippen molar-refractivity contribution in [2.45, 2.75) is 30.6 Å². The lowest BCUT2D eigenvalue weighted by molar-refractivity contribution is 0.394. The van der Waals surface area contributed by atoms with Gasteiger partial charge in [-0.1, -0.05) is 40.9 Å². The summed E-state index contributed by atoms with van der Waals surface area (Å²) in [6.07, 6.45) is 4.28. The van der Waals surface area contributed by atoms with Crippen molar-refractivity contribution in [1.29, 1.82) is 0 Å². The van der Waals surface area contributed by atoms with Crippen LogP contribution in [0.25, 0.3) is 0 Å². The van der Waals surface area contributed by atoms with Gasteiger partial charge in [0.15, 0.2) is 9.84 Å². The van der Waals surface area contributed by atoms with Gasteiger partial charge in [0, 0.05) is 9.80 Å². The molecule has 0 aromatic heterocycles. The second kappa shape index (κ2) is 5.63. The molecule has 0 saturated heterocycles. The quantitative estimate of drug-likeness (QED) is 0.716. The molecule has 18 heavy (non-hydrogen) atoms. The van der Waals surface area contributed by atoms with Crippen LogP contribution in [0.3, 0.4) is 0 Å². The molecule has 1 fully saturated rings. The second-order valence-electron chi connectivity index (χ2n) is 5.03. The highest BCUT2D eigenvalue weighted by Crippen LogP contribution is 2.42. The number of sulfone groups is 1. The third-order valence-corrected chi connectivity index (χ3v) is 7.78. The molecular weight excluding hydrogens is 380 g/mol. The van der Waals surface area contributed by atoms with Crippen molar-refractivity contribution in [3.05, 3.63) is 28.7 Å². The highest BCUT2D eigenvalue weighted by atomic mass is 79.9. The van der Waals surface area contributed by atoms with Gasteiger partial charge >= 0.3 is 0 Å². The van der Waals surface area contributed by atoms with Crippen molar-refractivity contribution < 1.29 is 8.42 Å². The van der Waals surface area contributed by atoms with Crippen molar-refractivity contribution >= 4 is 41.7 Å². The Bertz CT molecular complexity index is 520. The number of hydrogen-bond donors (Lipinski definition) is 0. The van der Waals surface area contributed by atoms with Crippen LogP contribution in [-0.4, -0.2) is 19.5 Å². The molecule has 1 saturated carbocycles. The standard InChI is InChI=1S/C13H16Br2O2S/c14-9-13(7-3-4-8-13)10-18(16,17)12-6-2-1-5-11(12)15/h1-2,5-6H,3-4,7-10H2. The van der Waals surface area contributed by atoms with Crippen LogP contribution in [0.15, 0.2) is 33.6 Å². The van der Waals surface area contributed by atoms with Crippen LogP contribution in [0.2, 0.25) is 0 Å². The van der Waals surface area contributed by atoms with Crippen molar-refractivity contribution in [3.63, 3.8) is 0 Å². The highest BCUT2D eigenvalue weighted by Gasteiger charge is 2.38. The molecule has 5 heteroatoms. The van der Waals surface area contributed by atoms with Crippen molar-refractivity contribution in [2.24, 2.45) is 5.41 Å². The molecule has 2 rings (SSSR count). The molecule has 0 heterocycles. The zero-order valence-electron chi connectivity index (χ0n) is 10.0. The van der Waals surface area contributed by atoms with Gasteiger partial charge in [0.05, 0.1) is 10.6 Å². The first kappa shape index (κ1) is 14.5. The maximum atomic E-state index is 12.5. The van der Waals surface area contributed by atoms with Crippen LogP contribution in [-0.2, 0) is 9.84 Å². The van der Waals surface area contributed by atoms with Crippen molar-refractivity contribution in [3.8, 4) is 0 Å². The summed E-state index contributed by atoms with van der Waals surface area (Å²) in [5.41, 5.74) is -0.0753. The normalized spacial score (nSPS) is 19.0. The molecule has 0 amide bonds. The maximum absolute atomic E-state index is 12.5. The zero-order valence-corrected chi connectivity index (χ0v) is 14.0. The van der Waals surface area contributed by atoms with Crippen LogP contribution in [0.5, 0.6) is 0 Å². The third-order valence-electron chi connectivity index (χ3n) is 3.62. The van der Waals surface area contributed by atoms with E-state index in [-0.39, 0.29) is 11.2 Å². The molecular formula is C13H16Br2O2S. The molecule has 1 aliphatic carbocycles. The van der Waals surface area contributed by atoms with E-state index in [1.165, 1.54) is 0 Å².